The third-order valence-corrected chi connectivity index (χ3v) is 16.8. The van der Waals surface area contributed by atoms with Crippen LogP contribution in [0.4, 0.5) is 10.6 Å². The summed E-state index contributed by atoms with van der Waals surface area (Å²) in [5.74, 6) is 1.14. The molecule has 0 spiro atoms. The summed E-state index contributed by atoms with van der Waals surface area (Å²) in [6.45, 7) is 9.02. The van der Waals surface area contributed by atoms with E-state index in [-0.39, 0.29) is 56.6 Å². The van der Waals surface area contributed by atoms with Crippen LogP contribution in [-0.2, 0) is 35.4 Å². The van der Waals surface area contributed by atoms with Gasteiger partial charge in [-0.15, -0.1) is 0 Å². The minimum absolute atomic E-state index is 0.0431. The molecule has 1 fully saturated rings. The van der Waals surface area contributed by atoms with Crippen LogP contribution in [0.15, 0.2) is 164 Å². The highest BCUT2D eigenvalue weighted by Crippen LogP contribution is 2.51. The summed E-state index contributed by atoms with van der Waals surface area (Å²) < 4.78 is 49.0. The van der Waals surface area contributed by atoms with E-state index in [9.17, 15) is 14.9 Å². The molecule has 1 saturated heterocycles. The van der Waals surface area contributed by atoms with Crippen LogP contribution in [0.3, 0.4) is 0 Å². The highest BCUT2D eigenvalue weighted by molar-refractivity contribution is 7.44. The first kappa shape index (κ1) is 56.2. The minimum Gasteiger partial charge on any atom is -0.497 e. The smallest absolute Gasteiger partial charge is 0.407 e. The van der Waals surface area contributed by atoms with Crippen molar-refractivity contribution in [3.8, 4) is 28.7 Å². The van der Waals surface area contributed by atoms with E-state index in [0.717, 1.165) is 44.5 Å². The van der Waals surface area contributed by atoms with Gasteiger partial charge in [-0.25, -0.2) is 24.4 Å². The van der Waals surface area contributed by atoms with E-state index in [1.165, 1.54) is 6.33 Å². The number of aromatic nitrogens is 4. The molecule has 2 aromatic heterocycles. The van der Waals surface area contributed by atoms with Crippen LogP contribution >= 0.6 is 8.53 Å². The highest BCUT2D eigenvalue weighted by atomic mass is 31.2. The third kappa shape index (κ3) is 12.2. The fraction of sp³-hybridized carbons (Fsp3) is 0.302. The van der Waals surface area contributed by atoms with Crippen molar-refractivity contribution in [1.82, 2.24) is 29.5 Å². The Morgan fingerprint density at radius 2 is 1.37 bits per heavy atom. The first-order valence-corrected chi connectivity index (χ1v) is 28.2. The summed E-state index contributed by atoms with van der Waals surface area (Å²) >= 11 is 0. The Balaban J connectivity index is 0.877. The van der Waals surface area contributed by atoms with Gasteiger partial charge in [0.1, 0.15) is 42.4 Å². The normalized spacial score (nSPS) is 16.3. The van der Waals surface area contributed by atoms with Gasteiger partial charge < -0.3 is 43.4 Å². The van der Waals surface area contributed by atoms with E-state index in [1.807, 2.05) is 108 Å². The molecular formula is C63H65N8O9P. The Hall–Kier alpha value is -8.07. The predicted octanol–water partition coefficient (Wildman–Crippen LogP) is 12.1. The topological polar surface area (TPSA) is 193 Å². The average molecular weight is 1110 g/mol. The molecule has 0 radical (unpaired) electrons. The number of amides is 2. The molecule has 8 aromatic rings. The zero-order valence-corrected chi connectivity index (χ0v) is 47.0. The monoisotopic (exact) mass is 1110 g/mol. The Morgan fingerprint density at radius 1 is 0.765 bits per heavy atom. The van der Waals surface area contributed by atoms with Crippen molar-refractivity contribution in [2.75, 3.05) is 39.4 Å². The van der Waals surface area contributed by atoms with Gasteiger partial charge in [-0.05, 0) is 109 Å². The van der Waals surface area contributed by atoms with E-state index in [0.29, 0.717) is 34.6 Å². The number of fused-ring (bicyclic) bond motifs is 4. The Kier molecular flexibility index (Phi) is 17.8. The van der Waals surface area contributed by atoms with E-state index in [1.54, 1.807) is 44.8 Å². The first-order valence-electron chi connectivity index (χ1n) is 27.0. The molecule has 1 aliphatic carbocycles. The third-order valence-electron chi connectivity index (χ3n) is 14.6. The summed E-state index contributed by atoms with van der Waals surface area (Å²) in [6, 6.07) is 51.3. The number of carbonyl (C=O) groups excluding carboxylic acids is 2. The highest BCUT2D eigenvalue weighted by Gasteiger charge is 2.45. The second-order valence-electron chi connectivity index (χ2n) is 20.2. The number of alkyl carbamates (subject to hydrolysis) is 1. The lowest BCUT2D eigenvalue weighted by atomic mass is 9.80. The number of nitriles is 1. The molecule has 4 atom stereocenters. The van der Waals surface area contributed by atoms with Gasteiger partial charge in [0.25, 0.3) is 14.4 Å². The van der Waals surface area contributed by atoms with E-state index in [2.05, 4.69) is 83.3 Å². The zero-order valence-electron chi connectivity index (χ0n) is 46.1. The van der Waals surface area contributed by atoms with Crippen molar-refractivity contribution in [2.45, 2.75) is 89.1 Å². The predicted molar refractivity (Wildman–Crippen MR) is 309 cm³/mol. The van der Waals surface area contributed by atoms with Gasteiger partial charge in [-0.3, -0.25) is 9.36 Å². The molecule has 10 rings (SSSR count). The van der Waals surface area contributed by atoms with Gasteiger partial charge in [-0.1, -0.05) is 115 Å². The molecular weight excluding hydrogens is 1040 g/mol. The number of benzene rings is 6. The number of nitrogens with zero attached hydrogens (tertiary/aromatic N) is 6. The summed E-state index contributed by atoms with van der Waals surface area (Å²) in [5, 5.41) is 15.3. The largest absolute Gasteiger partial charge is 0.497 e. The molecule has 2 amide bonds. The number of imidazole rings is 1. The van der Waals surface area contributed by atoms with Crippen LogP contribution in [0.2, 0.25) is 0 Å². The van der Waals surface area contributed by atoms with E-state index < -0.39 is 44.6 Å². The number of hydrogen-bond acceptors (Lipinski definition) is 14. The molecule has 1 aliphatic heterocycles. The number of anilines is 1. The number of ether oxygens (including phenoxy) is 5. The molecule has 18 heteroatoms. The fourth-order valence-corrected chi connectivity index (χ4v) is 12.5. The van der Waals surface area contributed by atoms with Crippen molar-refractivity contribution in [3.05, 3.63) is 203 Å². The quantitative estimate of drug-likeness (QED) is 0.0349. The van der Waals surface area contributed by atoms with Crippen molar-refractivity contribution < 1.29 is 42.3 Å². The van der Waals surface area contributed by atoms with Crippen LogP contribution in [0.5, 0.6) is 11.5 Å². The summed E-state index contributed by atoms with van der Waals surface area (Å²) in [7, 11) is 1.56. The molecule has 416 valence electrons. The van der Waals surface area contributed by atoms with Crippen LogP contribution in [0, 0.1) is 11.3 Å². The second-order valence-corrected chi connectivity index (χ2v) is 21.7. The lowest BCUT2D eigenvalue weighted by Crippen LogP contribution is -2.39. The molecule has 81 heavy (non-hydrogen) atoms. The van der Waals surface area contributed by atoms with Crippen LogP contribution in [-0.4, -0.2) is 94.5 Å². The van der Waals surface area contributed by atoms with E-state index >= 15 is 0 Å². The maximum absolute atomic E-state index is 13.8. The maximum atomic E-state index is 13.8. The minimum atomic E-state index is -1.71. The number of rotatable bonds is 23. The van der Waals surface area contributed by atoms with Crippen LogP contribution in [0.25, 0.3) is 22.3 Å². The maximum Gasteiger partial charge on any atom is 0.407 e. The zero-order chi connectivity index (χ0) is 56.5. The number of methoxy groups -OCH3 is 2. The molecule has 2 N–H and O–H groups in total. The van der Waals surface area contributed by atoms with Crippen LogP contribution < -0.4 is 20.1 Å². The number of nitrogens with one attached hydrogen (secondary N) is 2. The Morgan fingerprint density at radius 3 is 1.98 bits per heavy atom. The molecule has 3 heterocycles. The second kappa shape index (κ2) is 25.6. The van der Waals surface area contributed by atoms with E-state index in [4.69, 9.17) is 37.7 Å². The Bertz CT molecular complexity index is 3370. The van der Waals surface area contributed by atoms with Gasteiger partial charge in [0.05, 0.1) is 52.4 Å². The summed E-state index contributed by atoms with van der Waals surface area (Å²) in [6.07, 6.45) is 1.05. The molecule has 2 unspecified atom stereocenters. The lowest BCUT2D eigenvalue weighted by Gasteiger charge is -2.39. The number of carbonyl (C=O) groups is 2. The summed E-state index contributed by atoms with van der Waals surface area (Å²) in [4.78, 5) is 40.6. The standard InChI is InChI=1S/C63H65N8O9P/c1-41(2)71(42(3)4)81(78-34-14-33-64)80-55-35-57(79-56(55)38-77-63(45-15-8-7-9-16-45,46-25-29-48(74-5)30-26-46)47-27-31-49(75-6)32-28-47)70-40-68-58-59(66-39-67-60(58)70)69-61(72)44-23-21-43(22-24-44)36-65-62(73)76-37-54-52-19-12-10-17-50(52)51-18-11-13-20-53(51)54/h7-13,15-32,39-42,54-57H,14,34-38H2,1-6H3,(H,65,73)(H,66,67,69,72)/t55-,56-,57?,81?/m1/s1. The fourth-order valence-electron chi connectivity index (χ4n) is 10.8. The van der Waals surface area contributed by atoms with Gasteiger partial charge >= 0.3 is 6.09 Å². The molecule has 2 aliphatic rings. The van der Waals surface area contributed by atoms with Crippen LogP contribution in [0.1, 0.15) is 96.4 Å². The van der Waals surface area contributed by atoms with Crippen molar-refractivity contribution in [2.24, 2.45) is 0 Å². The SMILES string of the molecule is COc1ccc(C(OC[C@H]2OC(n3cnc4c(NC(=O)c5ccc(CNC(=O)OCC6c7ccccc7-c7ccccc76)cc5)ncnc43)C[C@H]2OP(OCCC#N)N(C(C)C)C(C)C)(c2ccccc2)c2ccc(OC)cc2)cc1. The van der Waals surface area contributed by atoms with Crippen molar-refractivity contribution in [1.29, 1.82) is 5.26 Å². The molecule has 17 nitrogen and oxygen atoms in total. The van der Waals surface area contributed by atoms with Gasteiger partial charge in [0.15, 0.2) is 17.0 Å². The van der Waals surface area contributed by atoms with Crippen molar-refractivity contribution >= 4 is 37.5 Å². The molecule has 0 bridgehead atoms. The van der Waals surface area contributed by atoms with Gasteiger partial charge in [0.2, 0.25) is 0 Å². The molecule has 0 saturated carbocycles. The van der Waals surface area contributed by atoms with Gasteiger partial charge in [-0.2, -0.15) is 5.26 Å². The van der Waals surface area contributed by atoms with Crippen molar-refractivity contribution in [3.63, 3.8) is 0 Å². The first-order chi connectivity index (χ1) is 39.5. The lowest BCUT2D eigenvalue weighted by molar-refractivity contribution is -0.0912. The molecule has 6 aromatic carbocycles. The Labute approximate surface area is 473 Å². The summed E-state index contributed by atoms with van der Waals surface area (Å²) in [5.41, 5.74) is 7.94. The average Bonchev–Trinajstić information content (AvgIpc) is 4.30. The van der Waals surface area contributed by atoms with Gasteiger partial charge in [0, 0.05) is 36.5 Å². The number of hydrogen-bond donors (Lipinski definition) is 2.